The molecule has 0 heterocycles. The molecule has 0 aromatic heterocycles. The van der Waals surface area contributed by atoms with Gasteiger partial charge in [-0.25, -0.2) is 0 Å². The van der Waals surface area contributed by atoms with E-state index in [1.165, 1.54) is 89.9 Å². The summed E-state index contributed by atoms with van der Waals surface area (Å²) in [5, 5.41) is 7.57. The average molecular weight is 273 g/mol. The van der Waals surface area contributed by atoms with Gasteiger partial charge in [0.25, 0.3) is 0 Å². The molecule has 0 unspecified atom stereocenters. The van der Waals surface area contributed by atoms with Crippen molar-refractivity contribution in [3.63, 3.8) is 0 Å². The third-order valence-electron chi connectivity index (χ3n) is 3.46. The second kappa shape index (κ2) is 23.1. The standard InChI is InChI=1S/C16H34.C2H6O/c1-3-5-7-9-11-13-15-16-14-12-10-8-6-4-2;1-2-3/h3-16H2,1-2H3;3H,2H2,1H3. The van der Waals surface area contributed by atoms with Crippen LogP contribution in [-0.2, 0) is 0 Å². The highest BCUT2D eigenvalue weighted by molar-refractivity contribution is 4.48. The molecule has 0 amide bonds. The predicted molar refractivity (Wildman–Crippen MR) is 88.7 cm³/mol. The zero-order valence-electron chi connectivity index (χ0n) is 14.1. The summed E-state index contributed by atoms with van der Waals surface area (Å²) in [4.78, 5) is 0. The second-order valence-corrected chi connectivity index (χ2v) is 5.56. The zero-order valence-corrected chi connectivity index (χ0v) is 14.1. The van der Waals surface area contributed by atoms with Crippen molar-refractivity contribution < 1.29 is 5.11 Å². The van der Waals surface area contributed by atoms with E-state index < -0.39 is 0 Å². The molecule has 0 aliphatic rings. The van der Waals surface area contributed by atoms with Gasteiger partial charge in [0, 0.05) is 6.61 Å². The molecule has 0 atom stereocenters. The van der Waals surface area contributed by atoms with Gasteiger partial charge < -0.3 is 5.11 Å². The summed E-state index contributed by atoms with van der Waals surface area (Å²) in [5.41, 5.74) is 0. The number of rotatable bonds is 13. The molecule has 0 aromatic carbocycles. The van der Waals surface area contributed by atoms with Gasteiger partial charge in [0.1, 0.15) is 0 Å². The maximum atomic E-state index is 7.57. The van der Waals surface area contributed by atoms with Crippen LogP contribution in [0.5, 0.6) is 0 Å². The molecular formula is C18H40O. The second-order valence-electron chi connectivity index (χ2n) is 5.56. The summed E-state index contributed by atoms with van der Waals surface area (Å²) in [6.45, 7) is 6.51. The Bertz CT molecular complexity index is 109. The minimum absolute atomic E-state index is 0.250. The van der Waals surface area contributed by atoms with Crippen molar-refractivity contribution in [2.45, 2.75) is 111 Å². The van der Waals surface area contributed by atoms with Gasteiger partial charge in [0.2, 0.25) is 0 Å². The number of unbranched alkanes of at least 4 members (excludes halogenated alkanes) is 13. The van der Waals surface area contributed by atoms with Gasteiger partial charge in [0.15, 0.2) is 0 Å². The zero-order chi connectivity index (χ0) is 14.6. The Balaban J connectivity index is 0. The maximum Gasteiger partial charge on any atom is 0.0402 e. The normalized spacial score (nSPS) is 10.1. The van der Waals surface area contributed by atoms with Gasteiger partial charge in [-0.3, -0.25) is 0 Å². The minimum Gasteiger partial charge on any atom is -0.397 e. The van der Waals surface area contributed by atoms with Crippen molar-refractivity contribution in [1.82, 2.24) is 0 Å². The fourth-order valence-corrected chi connectivity index (χ4v) is 2.27. The van der Waals surface area contributed by atoms with Crippen LogP contribution in [0.25, 0.3) is 0 Å². The smallest absolute Gasteiger partial charge is 0.0402 e. The number of hydrogen-bond donors (Lipinski definition) is 1. The molecule has 1 nitrogen and oxygen atoms in total. The van der Waals surface area contributed by atoms with Crippen LogP contribution in [-0.4, -0.2) is 11.7 Å². The molecule has 0 aliphatic carbocycles. The fraction of sp³-hybridized carbons (Fsp3) is 1.00. The number of hydrogen-bond acceptors (Lipinski definition) is 1. The highest BCUT2D eigenvalue weighted by Gasteiger charge is 1.92. The molecule has 1 N–H and O–H groups in total. The lowest BCUT2D eigenvalue weighted by Gasteiger charge is -2.02. The third-order valence-corrected chi connectivity index (χ3v) is 3.46. The molecule has 0 aliphatic heterocycles. The molecular weight excluding hydrogens is 232 g/mol. The fourth-order valence-electron chi connectivity index (χ4n) is 2.27. The van der Waals surface area contributed by atoms with Crippen molar-refractivity contribution in [1.29, 1.82) is 0 Å². The van der Waals surface area contributed by atoms with Crippen LogP contribution in [0, 0.1) is 0 Å². The van der Waals surface area contributed by atoms with Crippen LogP contribution in [0.4, 0.5) is 0 Å². The Kier molecular flexibility index (Phi) is 25.8. The van der Waals surface area contributed by atoms with Crippen molar-refractivity contribution >= 4 is 0 Å². The summed E-state index contributed by atoms with van der Waals surface area (Å²) in [5.74, 6) is 0. The van der Waals surface area contributed by atoms with E-state index in [-0.39, 0.29) is 6.61 Å². The van der Waals surface area contributed by atoms with E-state index in [1.54, 1.807) is 6.92 Å². The van der Waals surface area contributed by atoms with Gasteiger partial charge in [-0.15, -0.1) is 0 Å². The lowest BCUT2D eigenvalue weighted by Crippen LogP contribution is -1.82. The SMILES string of the molecule is CCCCCCCCCCCCCCCC.CCO. The van der Waals surface area contributed by atoms with Crippen LogP contribution in [0.1, 0.15) is 111 Å². The van der Waals surface area contributed by atoms with E-state index in [2.05, 4.69) is 13.8 Å². The number of aliphatic hydroxyl groups is 1. The van der Waals surface area contributed by atoms with Crippen molar-refractivity contribution in [2.24, 2.45) is 0 Å². The van der Waals surface area contributed by atoms with Crippen molar-refractivity contribution in [2.75, 3.05) is 6.61 Å². The highest BCUT2D eigenvalue weighted by Crippen LogP contribution is 2.12. The first kappa shape index (κ1) is 21.3. The van der Waals surface area contributed by atoms with Gasteiger partial charge in [-0.2, -0.15) is 0 Å². The lowest BCUT2D eigenvalue weighted by molar-refractivity contribution is 0.318. The quantitative estimate of drug-likeness (QED) is 0.380. The van der Waals surface area contributed by atoms with Crippen molar-refractivity contribution in [3.8, 4) is 0 Å². The van der Waals surface area contributed by atoms with Crippen LogP contribution in [0.3, 0.4) is 0 Å². The first-order valence-corrected chi connectivity index (χ1v) is 8.94. The summed E-state index contributed by atoms with van der Waals surface area (Å²) >= 11 is 0. The largest absolute Gasteiger partial charge is 0.397 e. The van der Waals surface area contributed by atoms with E-state index in [1.807, 2.05) is 0 Å². The maximum absolute atomic E-state index is 7.57. The van der Waals surface area contributed by atoms with Crippen LogP contribution < -0.4 is 0 Å². The summed E-state index contributed by atoms with van der Waals surface area (Å²) in [7, 11) is 0. The Labute approximate surface area is 123 Å². The van der Waals surface area contributed by atoms with E-state index >= 15 is 0 Å². The molecule has 0 fully saturated rings. The van der Waals surface area contributed by atoms with E-state index in [4.69, 9.17) is 5.11 Å². The predicted octanol–water partition coefficient (Wildman–Crippen LogP) is 6.49. The van der Waals surface area contributed by atoms with Crippen LogP contribution >= 0.6 is 0 Å². The Morgan fingerprint density at radius 3 is 0.737 bits per heavy atom. The Morgan fingerprint density at radius 2 is 0.579 bits per heavy atom. The first-order chi connectivity index (χ1) is 9.33. The minimum atomic E-state index is 0.250. The number of aliphatic hydroxyl groups excluding tert-OH is 1. The average Bonchev–Trinajstić information content (AvgIpc) is 2.41. The molecule has 118 valence electrons. The molecule has 0 rings (SSSR count). The van der Waals surface area contributed by atoms with Gasteiger partial charge in [-0.05, 0) is 6.92 Å². The molecule has 0 bridgehead atoms. The van der Waals surface area contributed by atoms with E-state index in [0.29, 0.717) is 0 Å². The summed E-state index contributed by atoms with van der Waals surface area (Å²) in [6.07, 6.45) is 20.4. The van der Waals surface area contributed by atoms with Crippen LogP contribution in [0.2, 0.25) is 0 Å². The Hall–Kier alpha value is -0.0400. The lowest BCUT2D eigenvalue weighted by atomic mass is 10.0. The van der Waals surface area contributed by atoms with Gasteiger partial charge in [0.05, 0.1) is 0 Å². The topological polar surface area (TPSA) is 20.2 Å². The highest BCUT2D eigenvalue weighted by atomic mass is 16.2. The van der Waals surface area contributed by atoms with Crippen LogP contribution in [0.15, 0.2) is 0 Å². The molecule has 0 radical (unpaired) electrons. The third kappa shape index (κ3) is 27.2. The summed E-state index contributed by atoms with van der Waals surface area (Å²) < 4.78 is 0. The van der Waals surface area contributed by atoms with Crippen molar-refractivity contribution in [3.05, 3.63) is 0 Å². The molecule has 0 saturated heterocycles. The molecule has 0 aromatic rings. The molecule has 0 spiro atoms. The monoisotopic (exact) mass is 272 g/mol. The first-order valence-electron chi connectivity index (χ1n) is 8.94. The molecule has 1 heteroatoms. The van der Waals surface area contributed by atoms with E-state index in [0.717, 1.165) is 0 Å². The van der Waals surface area contributed by atoms with E-state index in [9.17, 15) is 0 Å². The Morgan fingerprint density at radius 1 is 0.421 bits per heavy atom. The summed E-state index contributed by atoms with van der Waals surface area (Å²) in [6, 6.07) is 0. The van der Waals surface area contributed by atoms with Gasteiger partial charge in [-0.1, -0.05) is 104 Å². The molecule has 19 heavy (non-hydrogen) atoms. The van der Waals surface area contributed by atoms with Gasteiger partial charge >= 0.3 is 0 Å². The molecule has 0 saturated carbocycles.